The van der Waals surface area contributed by atoms with Crippen LogP contribution in [0, 0.1) is 0 Å². The number of nitrogens with one attached hydrogen (secondary N) is 2. The minimum Gasteiger partial charge on any atom is -0.469 e. The summed E-state index contributed by atoms with van der Waals surface area (Å²) >= 11 is 2.00. The molecule has 2 aliphatic rings. The Morgan fingerprint density at radius 2 is 2.21 bits per heavy atom. The number of nitrogens with zero attached hydrogens (tertiary/aromatic N) is 2. The summed E-state index contributed by atoms with van der Waals surface area (Å²) in [4.78, 5) is 7.34. The predicted molar refractivity (Wildman–Crippen MR) is 117 cm³/mol. The molecular weight excluding hydrogens is 372 g/mol. The normalized spacial score (nSPS) is 24.2. The van der Waals surface area contributed by atoms with Crippen molar-refractivity contribution in [1.82, 2.24) is 15.5 Å². The Morgan fingerprint density at radius 1 is 1.32 bits per heavy atom. The number of thioether (sulfide) groups is 1. The van der Waals surface area contributed by atoms with Gasteiger partial charge in [0.15, 0.2) is 5.96 Å². The number of aliphatic imine (C=N–C) groups is 1. The van der Waals surface area contributed by atoms with E-state index in [0.717, 1.165) is 75.7 Å². The highest BCUT2D eigenvalue weighted by Crippen LogP contribution is 2.26. The smallest absolute Gasteiger partial charge is 0.191 e. The third-order valence-corrected chi connectivity index (χ3v) is 6.65. The van der Waals surface area contributed by atoms with Crippen LogP contribution in [0.2, 0.25) is 0 Å². The van der Waals surface area contributed by atoms with Crippen LogP contribution in [0.3, 0.4) is 0 Å². The van der Waals surface area contributed by atoms with Gasteiger partial charge < -0.3 is 19.8 Å². The zero-order valence-electron chi connectivity index (χ0n) is 17.2. The number of hydrogen-bond donors (Lipinski definition) is 2. The van der Waals surface area contributed by atoms with Crippen molar-refractivity contribution in [3.8, 4) is 0 Å². The molecule has 28 heavy (non-hydrogen) atoms. The summed E-state index contributed by atoms with van der Waals surface area (Å²) in [5.41, 5.74) is 0. The van der Waals surface area contributed by atoms with Gasteiger partial charge in [0.2, 0.25) is 0 Å². The van der Waals surface area contributed by atoms with E-state index in [2.05, 4.69) is 21.8 Å². The molecule has 0 bridgehead atoms. The number of hydrogen-bond acceptors (Lipinski definition) is 5. The SMILES string of the molecule is CSC1CCCC(NC(=NCCCN2CCOCC2)NCCc2ccco2)C1. The first-order valence-electron chi connectivity index (χ1n) is 10.7. The second kappa shape index (κ2) is 12.4. The minimum atomic E-state index is 0.528. The van der Waals surface area contributed by atoms with Gasteiger partial charge in [-0.2, -0.15) is 11.8 Å². The summed E-state index contributed by atoms with van der Waals surface area (Å²) in [6.45, 7) is 6.62. The second-order valence-electron chi connectivity index (χ2n) is 7.66. The Balaban J connectivity index is 1.45. The molecule has 7 heteroatoms. The van der Waals surface area contributed by atoms with Gasteiger partial charge in [-0.25, -0.2) is 0 Å². The van der Waals surface area contributed by atoms with Gasteiger partial charge in [0.25, 0.3) is 0 Å². The summed E-state index contributed by atoms with van der Waals surface area (Å²) in [6, 6.07) is 4.50. The molecule has 2 atom stereocenters. The van der Waals surface area contributed by atoms with Crippen LogP contribution >= 0.6 is 11.8 Å². The largest absolute Gasteiger partial charge is 0.469 e. The predicted octanol–water partition coefficient (Wildman–Crippen LogP) is 2.75. The molecule has 0 spiro atoms. The van der Waals surface area contributed by atoms with Crippen molar-refractivity contribution in [2.75, 3.05) is 52.2 Å². The lowest BCUT2D eigenvalue weighted by Gasteiger charge is -2.30. The van der Waals surface area contributed by atoms with Crippen molar-refractivity contribution < 1.29 is 9.15 Å². The first kappa shape index (κ1) is 21.5. The third-order valence-electron chi connectivity index (χ3n) is 5.55. The number of ether oxygens (including phenoxy) is 1. The van der Waals surface area contributed by atoms with Gasteiger partial charge in [0.05, 0.1) is 19.5 Å². The van der Waals surface area contributed by atoms with Crippen LogP contribution in [-0.4, -0.2) is 74.3 Å². The van der Waals surface area contributed by atoms with E-state index in [9.17, 15) is 0 Å². The Labute approximate surface area is 173 Å². The monoisotopic (exact) mass is 408 g/mol. The maximum Gasteiger partial charge on any atom is 0.191 e. The average Bonchev–Trinajstić information content (AvgIpc) is 3.25. The first-order valence-corrected chi connectivity index (χ1v) is 12.0. The molecular formula is C21H36N4O2S. The lowest BCUT2D eigenvalue weighted by atomic mass is 9.95. The fourth-order valence-electron chi connectivity index (χ4n) is 3.90. The highest BCUT2D eigenvalue weighted by molar-refractivity contribution is 7.99. The van der Waals surface area contributed by atoms with E-state index in [-0.39, 0.29) is 0 Å². The Kier molecular flexibility index (Phi) is 9.53. The van der Waals surface area contributed by atoms with Crippen LogP contribution in [0.25, 0.3) is 0 Å². The molecule has 1 aromatic rings. The first-order chi connectivity index (χ1) is 13.8. The number of rotatable bonds is 9. The summed E-state index contributed by atoms with van der Waals surface area (Å²) < 4.78 is 10.9. The fraction of sp³-hybridized carbons (Fsp3) is 0.762. The molecule has 1 aliphatic carbocycles. The molecule has 0 amide bonds. The van der Waals surface area contributed by atoms with Gasteiger partial charge in [-0.15, -0.1) is 0 Å². The molecule has 0 radical (unpaired) electrons. The summed E-state index contributed by atoms with van der Waals surface area (Å²) in [5.74, 6) is 1.97. The van der Waals surface area contributed by atoms with Crippen molar-refractivity contribution in [1.29, 1.82) is 0 Å². The number of guanidine groups is 1. The summed E-state index contributed by atoms with van der Waals surface area (Å²) in [6.07, 6.45) is 11.0. The van der Waals surface area contributed by atoms with E-state index in [0.29, 0.717) is 6.04 Å². The van der Waals surface area contributed by atoms with Gasteiger partial charge in [-0.1, -0.05) is 6.42 Å². The maximum absolute atomic E-state index is 5.44. The second-order valence-corrected chi connectivity index (χ2v) is 8.80. The molecule has 2 fully saturated rings. The van der Waals surface area contributed by atoms with Gasteiger partial charge >= 0.3 is 0 Å². The van der Waals surface area contributed by atoms with Crippen LogP contribution in [-0.2, 0) is 11.2 Å². The zero-order chi connectivity index (χ0) is 19.4. The highest BCUT2D eigenvalue weighted by Gasteiger charge is 2.22. The lowest BCUT2D eigenvalue weighted by Crippen LogP contribution is -2.46. The summed E-state index contributed by atoms with van der Waals surface area (Å²) in [5, 5.41) is 7.99. The summed E-state index contributed by atoms with van der Waals surface area (Å²) in [7, 11) is 0. The molecule has 1 saturated carbocycles. The third kappa shape index (κ3) is 7.68. The Hall–Kier alpha value is -1.18. The van der Waals surface area contributed by atoms with E-state index in [4.69, 9.17) is 14.1 Å². The molecule has 1 saturated heterocycles. The molecule has 2 unspecified atom stereocenters. The van der Waals surface area contributed by atoms with Crippen molar-refractivity contribution >= 4 is 17.7 Å². The van der Waals surface area contributed by atoms with Gasteiger partial charge in [-0.05, 0) is 44.1 Å². The van der Waals surface area contributed by atoms with Gasteiger partial charge in [-0.3, -0.25) is 9.89 Å². The Morgan fingerprint density at radius 3 is 3.00 bits per heavy atom. The average molecular weight is 409 g/mol. The molecule has 158 valence electrons. The van der Waals surface area contributed by atoms with Crippen molar-refractivity contribution in [3.05, 3.63) is 24.2 Å². The van der Waals surface area contributed by atoms with Gasteiger partial charge in [0, 0.05) is 50.4 Å². The maximum atomic E-state index is 5.44. The standard InChI is InChI=1S/C21H36N4O2S/c1-28-20-7-2-5-18(17-20)24-21(23-10-8-19-6-3-14-27-19)22-9-4-11-25-12-15-26-16-13-25/h3,6,14,18,20H,2,4-5,7-13,15-17H2,1H3,(H2,22,23,24). The van der Waals surface area contributed by atoms with Crippen molar-refractivity contribution in [3.63, 3.8) is 0 Å². The molecule has 1 aromatic heterocycles. The topological polar surface area (TPSA) is 62.0 Å². The molecule has 1 aliphatic heterocycles. The number of furan rings is 1. The van der Waals surface area contributed by atoms with Crippen LogP contribution < -0.4 is 10.6 Å². The quantitative estimate of drug-likeness (QED) is 0.372. The van der Waals surface area contributed by atoms with Gasteiger partial charge in [0.1, 0.15) is 5.76 Å². The van der Waals surface area contributed by atoms with Crippen LogP contribution in [0.15, 0.2) is 27.8 Å². The molecule has 0 aromatic carbocycles. The highest BCUT2D eigenvalue weighted by atomic mass is 32.2. The molecule has 6 nitrogen and oxygen atoms in total. The molecule has 3 rings (SSSR count). The van der Waals surface area contributed by atoms with Crippen molar-refractivity contribution in [2.24, 2.45) is 4.99 Å². The lowest BCUT2D eigenvalue weighted by molar-refractivity contribution is 0.0377. The Bertz CT molecular complexity index is 561. The van der Waals surface area contributed by atoms with E-state index in [1.165, 1.54) is 25.7 Å². The van der Waals surface area contributed by atoms with E-state index in [1.807, 2.05) is 23.9 Å². The van der Waals surface area contributed by atoms with Crippen LogP contribution in [0.1, 0.15) is 37.9 Å². The van der Waals surface area contributed by atoms with E-state index < -0.39 is 0 Å². The molecule has 2 N–H and O–H groups in total. The van der Waals surface area contributed by atoms with Crippen molar-refractivity contribution in [2.45, 2.75) is 49.8 Å². The minimum absolute atomic E-state index is 0.528. The zero-order valence-corrected chi connectivity index (χ0v) is 18.0. The molecule has 2 heterocycles. The fourth-order valence-corrected chi connectivity index (χ4v) is 4.73. The van der Waals surface area contributed by atoms with Crippen LogP contribution in [0.5, 0.6) is 0 Å². The van der Waals surface area contributed by atoms with Crippen LogP contribution in [0.4, 0.5) is 0 Å². The van der Waals surface area contributed by atoms with E-state index in [1.54, 1.807) is 6.26 Å². The van der Waals surface area contributed by atoms with E-state index >= 15 is 0 Å². The number of morpholine rings is 1.